The Morgan fingerprint density at radius 1 is 1.69 bits per heavy atom. The second-order valence-corrected chi connectivity index (χ2v) is 3.96. The monoisotopic (exact) mass is 186 g/mol. The van der Waals surface area contributed by atoms with Gasteiger partial charge in [0, 0.05) is 6.08 Å². The molecular weight excluding hydrogens is 168 g/mol. The van der Waals surface area contributed by atoms with Crippen molar-refractivity contribution in [2.24, 2.45) is 5.92 Å². The number of rotatable bonds is 5. The second kappa shape index (κ2) is 5.02. The van der Waals surface area contributed by atoms with Crippen molar-refractivity contribution in [3.63, 3.8) is 0 Å². The van der Waals surface area contributed by atoms with E-state index >= 15 is 0 Å². The van der Waals surface area contributed by atoms with Crippen LogP contribution >= 0.6 is 0 Å². The SMILES string of the molecule is C=CC(=O)OCC(C)CC(C)(C)O. The summed E-state index contributed by atoms with van der Waals surface area (Å²) < 4.78 is 4.83. The van der Waals surface area contributed by atoms with Gasteiger partial charge in [0.1, 0.15) is 0 Å². The molecule has 0 aromatic heterocycles. The molecule has 1 atom stereocenters. The molecule has 0 amide bonds. The van der Waals surface area contributed by atoms with Crippen molar-refractivity contribution in [3.05, 3.63) is 12.7 Å². The van der Waals surface area contributed by atoms with Crippen LogP contribution in [-0.4, -0.2) is 23.3 Å². The first-order chi connectivity index (χ1) is 5.85. The maximum absolute atomic E-state index is 10.7. The van der Waals surface area contributed by atoms with Crippen molar-refractivity contribution in [3.8, 4) is 0 Å². The minimum Gasteiger partial charge on any atom is -0.462 e. The Labute approximate surface area is 79.4 Å². The zero-order valence-electron chi connectivity index (χ0n) is 8.54. The summed E-state index contributed by atoms with van der Waals surface area (Å²) in [4.78, 5) is 10.7. The molecule has 1 N–H and O–H groups in total. The molecule has 76 valence electrons. The number of hydrogen-bond donors (Lipinski definition) is 1. The van der Waals surface area contributed by atoms with E-state index < -0.39 is 11.6 Å². The van der Waals surface area contributed by atoms with E-state index in [2.05, 4.69) is 6.58 Å². The van der Waals surface area contributed by atoms with E-state index in [1.165, 1.54) is 0 Å². The molecule has 1 unspecified atom stereocenters. The number of aliphatic hydroxyl groups is 1. The zero-order valence-corrected chi connectivity index (χ0v) is 8.54. The Bertz CT molecular complexity index is 179. The summed E-state index contributed by atoms with van der Waals surface area (Å²) >= 11 is 0. The van der Waals surface area contributed by atoms with Crippen molar-refractivity contribution in [1.29, 1.82) is 0 Å². The van der Waals surface area contributed by atoms with Crippen LogP contribution in [-0.2, 0) is 9.53 Å². The lowest BCUT2D eigenvalue weighted by Gasteiger charge is -2.21. The van der Waals surface area contributed by atoms with Crippen molar-refractivity contribution in [1.82, 2.24) is 0 Å². The fraction of sp³-hybridized carbons (Fsp3) is 0.700. The summed E-state index contributed by atoms with van der Waals surface area (Å²) in [5.41, 5.74) is -0.708. The van der Waals surface area contributed by atoms with Gasteiger partial charge in [-0.1, -0.05) is 13.5 Å². The lowest BCUT2D eigenvalue weighted by Crippen LogP contribution is -2.24. The molecule has 3 heteroatoms. The molecule has 0 saturated carbocycles. The predicted octanol–water partition coefficient (Wildman–Crippen LogP) is 1.51. The second-order valence-electron chi connectivity index (χ2n) is 3.96. The first-order valence-electron chi connectivity index (χ1n) is 4.36. The fourth-order valence-electron chi connectivity index (χ4n) is 1.20. The van der Waals surface area contributed by atoms with Crippen LogP contribution in [0.15, 0.2) is 12.7 Å². The van der Waals surface area contributed by atoms with E-state index in [1.54, 1.807) is 13.8 Å². The minimum atomic E-state index is -0.708. The van der Waals surface area contributed by atoms with Crippen LogP contribution in [0, 0.1) is 5.92 Å². The molecule has 0 fully saturated rings. The normalized spacial score (nSPS) is 13.5. The Hall–Kier alpha value is -0.830. The Balaban J connectivity index is 3.69. The van der Waals surface area contributed by atoms with Crippen molar-refractivity contribution >= 4 is 5.97 Å². The van der Waals surface area contributed by atoms with E-state index in [0.29, 0.717) is 13.0 Å². The first kappa shape index (κ1) is 12.2. The van der Waals surface area contributed by atoms with Crippen LogP contribution in [0.25, 0.3) is 0 Å². The molecule has 0 spiro atoms. The van der Waals surface area contributed by atoms with Gasteiger partial charge in [-0.3, -0.25) is 0 Å². The molecule has 0 radical (unpaired) electrons. The summed E-state index contributed by atoms with van der Waals surface area (Å²) in [7, 11) is 0. The third-order valence-electron chi connectivity index (χ3n) is 1.52. The quantitative estimate of drug-likeness (QED) is 0.523. The highest BCUT2D eigenvalue weighted by Gasteiger charge is 2.17. The molecule has 0 bridgehead atoms. The van der Waals surface area contributed by atoms with Crippen LogP contribution in [0.4, 0.5) is 0 Å². The number of esters is 1. The van der Waals surface area contributed by atoms with Gasteiger partial charge in [-0.05, 0) is 26.2 Å². The third kappa shape index (κ3) is 7.53. The molecule has 0 heterocycles. The van der Waals surface area contributed by atoms with Gasteiger partial charge in [-0.15, -0.1) is 0 Å². The highest BCUT2D eigenvalue weighted by atomic mass is 16.5. The van der Waals surface area contributed by atoms with Crippen LogP contribution in [0.2, 0.25) is 0 Å². The zero-order chi connectivity index (χ0) is 10.5. The minimum absolute atomic E-state index is 0.156. The molecule has 0 aliphatic heterocycles. The topological polar surface area (TPSA) is 46.5 Å². The Kier molecular flexibility index (Phi) is 4.70. The van der Waals surface area contributed by atoms with Crippen molar-refractivity contribution in [2.45, 2.75) is 32.8 Å². The van der Waals surface area contributed by atoms with Gasteiger partial charge in [0.15, 0.2) is 0 Å². The average molecular weight is 186 g/mol. The van der Waals surface area contributed by atoms with Gasteiger partial charge in [-0.2, -0.15) is 0 Å². The van der Waals surface area contributed by atoms with Gasteiger partial charge >= 0.3 is 5.97 Å². The lowest BCUT2D eigenvalue weighted by molar-refractivity contribution is -0.139. The molecule has 0 rings (SSSR count). The van der Waals surface area contributed by atoms with E-state index in [0.717, 1.165) is 6.08 Å². The summed E-state index contributed by atoms with van der Waals surface area (Å²) in [5, 5.41) is 9.45. The largest absolute Gasteiger partial charge is 0.462 e. The number of hydrogen-bond acceptors (Lipinski definition) is 3. The average Bonchev–Trinajstić information content (AvgIpc) is 1.97. The fourth-order valence-corrected chi connectivity index (χ4v) is 1.20. The first-order valence-corrected chi connectivity index (χ1v) is 4.36. The van der Waals surface area contributed by atoms with Crippen LogP contribution in [0.5, 0.6) is 0 Å². The predicted molar refractivity (Wildman–Crippen MR) is 51.2 cm³/mol. The highest BCUT2D eigenvalue weighted by Crippen LogP contribution is 2.15. The molecule has 0 aromatic rings. The summed E-state index contributed by atoms with van der Waals surface area (Å²) in [6.07, 6.45) is 1.74. The van der Waals surface area contributed by atoms with Gasteiger partial charge < -0.3 is 9.84 Å². The molecule has 0 aliphatic carbocycles. The van der Waals surface area contributed by atoms with E-state index in [4.69, 9.17) is 4.74 Å². The molecular formula is C10H18O3. The van der Waals surface area contributed by atoms with Crippen LogP contribution in [0.3, 0.4) is 0 Å². The summed E-state index contributed by atoms with van der Waals surface area (Å²) in [6, 6.07) is 0. The smallest absolute Gasteiger partial charge is 0.330 e. The van der Waals surface area contributed by atoms with Gasteiger partial charge in [0.05, 0.1) is 12.2 Å². The standard InChI is InChI=1S/C10H18O3/c1-5-9(11)13-7-8(2)6-10(3,4)12/h5,8,12H,1,6-7H2,2-4H3. The van der Waals surface area contributed by atoms with Gasteiger partial charge in [-0.25, -0.2) is 4.79 Å². The van der Waals surface area contributed by atoms with Gasteiger partial charge in [0.2, 0.25) is 0 Å². The lowest BCUT2D eigenvalue weighted by atomic mass is 9.96. The highest BCUT2D eigenvalue weighted by molar-refractivity contribution is 5.81. The van der Waals surface area contributed by atoms with E-state index in [-0.39, 0.29) is 5.92 Å². The Morgan fingerprint density at radius 3 is 2.62 bits per heavy atom. The van der Waals surface area contributed by atoms with Crippen LogP contribution in [0.1, 0.15) is 27.2 Å². The van der Waals surface area contributed by atoms with E-state index in [1.807, 2.05) is 6.92 Å². The molecule has 0 aliphatic rings. The molecule has 0 aromatic carbocycles. The molecule has 0 saturated heterocycles. The number of carbonyl (C=O) groups is 1. The summed E-state index contributed by atoms with van der Waals surface area (Å²) in [6.45, 7) is 9.01. The van der Waals surface area contributed by atoms with Gasteiger partial charge in [0.25, 0.3) is 0 Å². The third-order valence-corrected chi connectivity index (χ3v) is 1.52. The molecule has 3 nitrogen and oxygen atoms in total. The number of carbonyl (C=O) groups excluding carboxylic acids is 1. The molecule has 13 heavy (non-hydrogen) atoms. The van der Waals surface area contributed by atoms with E-state index in [9.17, 15) is 9.90 Å². The number of ether oxygens (including phenoxy) is 1. The van der Waals surface area contributed by atoms with Crippen molar-refractivity contribution < 1.29 is 14.6 Å². The Morgan fingerprint density at radius 2 is 2.23 bits per heavy atom. The maximum Gasteiger partial charge on any atom is 0.330 e. The maximum atomic E-state index is 10.7. The summed E-state index contributed by atoms with van der Waals surface area (Å²) in [5.74, 6) is -0.258. The van der Waals surface area contributed by atoms with Crippen molar-refractivity contribution in [2.75, 3.05) is 6.61 Å². The van der Waals surface area contributed by atoms with Crippen LogP contribution < -0.4 is 0 Å².